The lowest BCUT2D eigenvalue weighted by Crippen LogP contribution is -2.22. The van der Waals surface area contributed by atoms with E-state index in [2.05, 4.69) is 29.2 Å². The lowest BCUT2D eigenvalue weighted by Gasteiger charge is -2.19. The number of rotatable bonds is 4. The highest BCUT2D eigenvalue weighted by atomic mass is 16.2. The van der Waals surface area contributed by atoms with Gasteiger partial charge in [-0.25, -0.2) is 4.68 Å². The summed E-state index contributed by atoms with van der Waals surface area (Å²) in [6.45, 7) is 6.22. The first-order valence-corrected chi connectivity index (χ1v) is 6.53. The molecule has 2 aromatic rings. The lowest BCUT2D eigenvalue weighted by atomic mass is 10.1. The van der Waals surface area contributed by atoms with Crippen molar-refractivity contribution in [2.75, 3.05) is 5.32 Å². The lowest BCUT2D eigenvalue weighted by molar-refractivity contribution is 0.102. The quantitative estimate of drug-likeness (QED) is 0.895. The number of nitrogens with one attached hydrogen (secondary N) is 2. The summed E-state index contributed by atoms with van der Waals surface area (Å²) in [5.74, 6) is 0.642. The SMILES string of the molecule is CC(C)[C@H](C)n1nccc1NC(=O)c1cccc(=O)[nH]1. The summed E-state index contributed by atoms with van der Waals surface area (Å²) < 4.78 is 1.77. The summed E-state index contributed by atoms with van der Waals surface area (Å²) in [6, 6.07) is 6.36. The van der Waals surface area contributed by atoms with Gasteiger partial charge in [0.25, 0.3) is 5.91 Å². The molecule has 0 aliphatic carbocycles. The van der Waals surface area contributed by atoms with E-state index in [1.165, 1.54) is 6.07 Å². The van der Waals surface area contributed by atoms with E-state index in [0.29, 0.717) is 11.7 Å². The Labute approximate surface area is 116 Å². The Balaban J connectivity index is 2.21. The van der Waals surface area contributed by atoms with Gasteiger partial charge in [0.15, 0.2) is 0 Å². The van der Waals surface area contributed by atoms with Gasteiger partial charge in [0.05, 0.1) is 12.2 Å². The number of pyridine rings is 1. The van der Waals surface area contributed by atoms with Crippen molar-refractivity contribution in [3.63, 3.8) is 0 Å². The highest BCUT2D eigenvalue weighted by molar-refractivity contribution is 6.02. The number of anilines is 1. The molecule has 106 valence electrons. The van der Waals surface area contributed by atoms with Crippen LogP contribution < -0.4 is 10.9 Å². The molecular weight excluding hydrogens is 256 g/mol. The third-order valence-corrected chi connectivity index (χ3v) is 3.28. The van der Waals surface area contributed by atoms with Gasteiger partial charge in [-0.05, 0) is 18.9 Å². The van der Waals surface area contributed by atoms with Crippen LogP contribution in [0.3, 0.4) is 0 Å². The van der Waals surface area contributed by atoms with Crippen LogP contribution in [-0.4, -0.2) is 20.7 Å². The second-order valence-corrected chi connectivity index (χ2v) is 5.03. The molecule has 6 heteroatoms. The average molecular weight is 274 g/mol. The van der Waals surface area contributed by atoms with Gasteiger partial charge in [-0.2, -0.15) is 5.10 Å². The number of hydrogen-bond donors (Lipinski definition) is 2. The van der Waals surface area contributed by atoms with Crippen LogP contribution in [-0.2, 0) is 0 Å². The minimum atomic E-state index is -0.361. The van der Waals surface area contributed by atoms with Crippen molar-refractivity contribution in [2.24, 2.45) is 5.92 Å². The molecule has 6 nitrogen and oxygen atoms in total. The molecule has 0 radical (unpaired) electrons. The highest BCUT2D eigenvalue weighted by Crippen LogP contribution is 2.21. The van der Waals surface area contributed by atoms with Crippen molar-refractivity contribution in [3.8, 4) is 0 Å². The Morgan fingerprint density at radius 3 is 2.70 bits per heavy atom. The minimum Gasteiger partial charge on any atom is -0.318 e. The van der Waals surface area contributed by atoms with Gasteiger partial charge in [0.2, 0.25) is 5.56 Å². The Bertz CT molecular complexity index is 657. The second kappa shape index (κ2) is 5.73. The van der Waals surface area contributed by atoms with Crippen molar-refractivity contribution in [3.05, 3.63) is 46.5 Å². The minimum absolute atomic E-state index is 0.162. The highest BCUT2D eigenvalue weighted by Gasteiger charge is 2.16. The van der Waals surface area contributed by atoms with E-state index >= 15 is 0 Å². The number of aromatic amines is 1. The van der Waals surface area contributed by atoms with Gasteiger partial charge in [-0.1, -0.05) is 19.9 Å². The van der Waals surface area contributed by atoms with Crippen LogP contribution in [0.2, 0.25) is 0 Å². The van der Waals surface area contributed by atoms with Gasteiger partial charge in [0.1, 0.15) is 11.5 Å². The third-order valence-electron chi connectivity index (χ3n) is 3.28. The topological polar surface area (TPSA) is 79.8 Å². The molecule has 20 heavy (non-hydrogen) atoms. The van der Waals surface area contributed by atoms with E-state index < -0.39 is 0 Å². The summed E-state index contributed by atoms with van der Waals surface area (Å²) in [7, 11) is 0. The van der Waals surface area contributed by atoms with Crippen LogP contribution in [0.15, 0.2) is 35.3 Å². The van der Waals surface area contributed by atoms with Crippen molar-refractivity contribution in [2.45, 2.75) is 26.8 Å². The second-order valence-electron chi connectivity index (χ2n) is 5.03. The molecule has 2 rings (SSSR count). The maximum atomic E-state index is 12.1. The van der Waals surface area contributed by atoms with Crippen LogP contribution in [0.4, 0.5) is 5.82 Å². The van der Waals surface area contributed by atoms with Gasteiger partial charge >= 0.3 is 0 Å². The molecule has 0 saturated carbocycles. The van der Waals surface area contributed by atoms with Crippen LogP contribution >= 0.6 is 0 Å². The molecule has 2 aromatic heterocycles. The number of amides is 1. The monoisotopic (exact) mass is 274 g/mol. The maximum absolute atomic E-state index is 12.1. The predicted molar refractivity (Wildman–Crippen MR) is 76.8 cm³/mol. The molecule has 2 N–H and O–H groups in total. The number of aromatic nitrogens is 3. The van der Waals surface area contributed by atoms with Crippen molar-refractivity contribution in [1.29, 1.82) is 0 Å². The molecule has 0 saturated heterocycles. The predicted octanol–water partition coefficient (Wildman–Crippen LogP) is 2.04. The van der Waals surface area contributed by atoms with Crippen LogP contribution in [0, 0.1) is 5.92 Å². The van der Waals surface area contributed by atoms with E-state index in [9.17, 15) is 9.59 Å². The fourth-order valence-corrected chi connectivity index (χ4v) is 1.78. The van der Waals surface area contributed by atoms with Gasteiger partial charge in [-0.3, -0.25) is 9.59 Å². The van der Waals surface area contributed by atoms with Crippen molar-refractivity contribution in [1.82, 2.24) is 14.8 Å². The van der Waals surface area contributed by atoms with Crippen molar-refractivity contribution >= 4 is 11.7 Å². The summed E-state index contributed by atoms with van der Waals surface area (Å²) in [5.41, 5.74) is -0.0795. The number of nitrogens with zero attached hydrogens (tertiary/aromatic N) is 2. The first-order chi connectivity index (χ1) is 9.49. The Morgan fingerprint density at radius 1 is 1.30 bits per heavy atom. The molecule has 0 aromatic carbocycles. The van der Waals surface area contributed by atoms with E-state index in [1.54, 1.807) is 29.1 Å². The van der Waals surface area contributed by atoms with Crippen molar-refractivity contribution < 1.29 is 4.79 Å². The number of carbonyl (C=O) groups is 1. The molecule has 0 aliphatic rings. The fraction of sp³-hybridized carbons (Fsp3) is 0.357. The largest absolute Gasteiger partial charge is 0.318 e. The third kappa shape index (κ3) is 2.96. The molecule has 2 heterocycles. The summed E-state index contributed by atoms with van der Waals surface area (Å²) in [4.78, 5) is 25.8. The first-order valence-electron chi connectivity index (χ1n) is 6.53. The Morgan fingerprint density at radius 2 is 2.05 bits per heavy atom. The van der Waals surface area contributed by atoms with E-state index in [-0.39, 0.29) is 23.2 Å². The number of carbonyl (C=O) groups excluding carboxylic acids is 1. The molecule has 0 unspecified atom stereocenters. The molecule has 1 atom stereocenters. The van der Waals surface area contributed by atoms with E-state index in [0.717, 1.165) is 0 Å². The van der Waals surface area contributed by atoms with Crippen LogP contribution in [0.1, 0.15) is 37.3 Å². The zero-order valence-electron chi connectivity index (χ0n) is 11.8. The normalized spacial score (nSPS) is 12.4. The Kier molecular flexibility index (Phi) is 4.02. The number of hydrogen-bond acceptors (Lipinski definition) is 3. The smallest absolute Gasteiger partial charge is 0.273 e. The average Bonchev–Trinajstić information content (AvgIpc) is 2.85. The molecule has 0 bridgehead atoms. The van der Waals surface area contributed by atoms with Gasteiger partial charge in [-0.15, -0.1) is 0 Å². The Hall–Kier alpha value is -2.37. The summed E-state index contributed by atoms with van der Waals surface area (Å²) in [6.07, 6.45) is 1.64. The zero-order chi connectivity index (χ0) is 14.7. The summed E-state index contributed by atoms with van der Waals surface area (Å²) in [5, 5.41) is 6.99. The van der Waals surface area contributed by atoms with E-state index in [1.807, 2.05) is 6.92 Å². The van der Waals surface area contributed by atoms with Crippen LogP contribution in [0.5, 0.6) is 0 Å². The number of H-pyrrole nitrogens is 1. The van der Waals surface area contributed by atoms with Gasteiger partial charge < -0.3 is 10.3 Å². The van der Waals surface area contributed by atoms with Gasteiger partial charge in [0, 0.05) is 12.1 Å². The molecule has 1 amide bonds. The maximum Gasteiger partial charge on any atom is 0.273 e. The molecule has 0 aliphatic heterocycles. The van der Waals surface area contributed by atoms with E-state index in [4.69, 9.17) is 0 Å². The molecule has 0 spiro atoms. The molecule has 0 fully saturated rings. The zero-order valence-corrected chi connectivity index (χ0v) is 11.8. The van der Waals surface area contributed by atoms with Crippen LogP contribution in [0.25, 0.3) is 0 Å². The first kappa shape index (κ1) is 14.0. The summed E-state index contributed by atoms with van der Waals surface area (Å²) >= 11 is 0. The standard InChI is InChI=1S/C14H18N4O2/c1-9(2)10(3)18-12(7-8-15-18)17-14(20)11-5-4-6-13(19)16-11/h4-10H,1-3H3,(H,16,19)(H,17,20)/t10-/m0/s1. The fourth-order valence-electron chi connectivity index (χ4n) is 1.78. The molecular formula is C14H18N4O2.